The summed E-state index contributed by atoms with van der Waals surface area (Å²) in [5, 5.41) is 8.94. The van der Waals surface area contributed by atoms with E-state index in [1.807, 2.05) is 0 Å². The van der Waals surface area contributed by atoms with Crippen molar-refractivity contribution in [3.63, 3.8) is 0 Å². The predicted octanol–water partition coefficient (Wildman–Crippen LogP) is 1.83. The highest BCUT2D eigenvalue weighted by molar-refractivity contribution is 9.11. The first-order valence-electron chi connectivity index (χ1n) is 3.50. The van der Waals surface area contributed by atoms with Crippen molar-refractivity contribution in [3.05, 3.63) is 22.2 Å². The molecule has 0 unspecified atom stereocenters. The molecule has 0 saturated heterocycles. The third-order valence-corrected chi connectivity index (χ3v) is 3.43. The minimum absolute atomic E-state index is 0.214. The highest BCUT2D eigenvalue weighted by Crippen LogP contribution is 2.45. The van der Waals surface area contributed by atoms with Crippen molar-refractivity contribution in [1.82, 2.24) is 0 Å². The minimum Gasteiger partial charge on any atom is -0.392 e. The molecule has 54 valence electrons. The van der Waals surface area contributed by atoms with Gasteiger partial charge in [-0.15, -0.1) is 0 Å². The van der Waals surface area contributed by atoms with Crippen LogP contribution in [0.3, 0.4) is 0 Å². The topological polar surface area (TPSA) is 20.2 Å². The van der Waals surface area contributed by atoms with Gasteiger partial charge in [0.1, 0.15) is 0 Å². The summed E-state index contributed by atoms with van der Waals surface area (Å²) in [5.74, 6) is 1.11. The molecule has 2 aliphatic carbocycles. The van der Waals surface area contributed by atoms with Crippen LogP contribution in [0.15, 0.2) is 22.2 Å². The SMILES string of the molecule is OCC1=C(Br)[C@H]2C=C[C@@H]1C2. The molecular formula is C8H9BrO. The van der Waals surface area contributed by atoms with Crippen molar-refractivity contribution in [3.8, 4) is 0 Å². The van der Waals surface area contributed by atoms with Crippen molar-refractivity contribution in [2.24, 2.45) is 11.8 Å². The summed E-state index contributed by atoms with van der Waals surface area (Å²) in [6.45, 7) is 0.214. The maximum Gasteiger partial charge on any atom is 0.0658 e. The third-order valence-electron chi connectivity index (χ3n) is 2.33. The number of halogens is 1. The molecule has 0 spiro atoms. The summed E-state index contributed by atoms with van der Waals surface area (Å²) < 4.78 is 1.22. The van der Waals surface area contributed by atoms with E-state index in [0.717, 1.165) is 0 Å². The molecule has 10 heavy (non-hydrogen) atoms. The lowest BCUT2D eigenvalue weighted by Gasteiger charge is -2.07. The average Bonchev–Trinajstić information content (AvgIpc) is 2.46. The Morgan fingerprint density at radius 2 is 2.20 bits per heavy atom. The van der Waals surface area contributed by atoms with Gasteiger partial charge in [-0.3, -0.25) is 0 Å². The molecule has 2 aliphatic rings. The molecule has 2 atom stereocenters. The van der Waals surface area contributed by atoms with E-state index in [9.17, 15) is 0 Å². The zero-order valence-electron chi connectivity index (χ0n) is 5.55. The summed E-state index contributed by atoms with van der Waals surface area (Å²) >= 11 is 3.49. The van der Waals surface area contributed by atoms with Crippen molar-refractivity contribution in [1.29, 1.82) is 0 Å². The van der Waals surface area contributed by atoms with E-state index in [1.54, 1.807) is 0 Å². The van der Waals surface area contributed by atoms with Gasteiger partial charge >= 0.3 is 0 Å². The fraction of sp³-hybridized carbons (Fsp3) is 0.500. The molecule has 2 bridgehead atoms. The van der Waals surface area contributed by atoms with E-state index >= 15 is 0 Å². The number of fused-ring (bicyclic) bond motifs is 2. The molecule has 0 amide bonds. The number of aliphatic hydroxyl groups excluding tert-OH is 1. The number of allylic oxidation sites excluding steroid dienone is 3. The van der Waals surface area contributed by atoms with Gasteiger partial charge in [-0.25, -0.2) is 0 Å². The minimum atomic E-state index is 0.214. The molecule has 0 aromatic rings. The highest BCUT2D eigenvalue weighted by atomic mass is 79.9. The Balaban J connectivity index is 2.33. The number of hydrogen-bond acceptors (Lipinski definition) is 1. The fourth-order valence-electron chi connectivity index (χ4n) is 1.75. The molecule has 0 heterocycles. The molecule has 1 N–H and O–H groups in total. The van der Waals surface area contributed by atoms with E-state index in [2.05, 4.69) is 28.1 Å². The molecule has 0 aliphatic heterocycles. The van der Waals surface area contributed by atoms with Crippen LogP contribution in [-0.4, -0.2) is 11.7 Å². The van der Waals surface area contributed by atoms with Crippen LogP contribution >= 0.6 is 15.9 Å². The largest absolute Gasteiger partial charge is 0.392 e. The van der Waals surface area contributed by atoms with Crippen molar-refractivity contribution in [2.45, 2.75) is 6.42 Å². The number of hydrogen-bond donors (Lipinski definition) is 1. The molecular weight excluding hydrogens is 192 g/mol. The first-order chi connectivity index (χ1) is 4.83. The zero-order chi connectivity index (χ0) is 7.14. The molecule has 2 heteroatoms. The summed E-state index contributed by atoms with van der Waals surface area (Å²) in [7, 11) is 0. The van der Waals surface area contributed by atoms with Gasteiger partial charge in [-0.1, -0.05) is 28.1 Å². The van der Waals surface area contributed by atoms with Crippen molar-refractivity contribution in [2.75, 3.05) is 6.61 Å². The lowest BCUT2D eigenvalue weighted by atomic mass is 10.0. The second kappa shape index (κ2) is 2.21. The summed E-state index contributed by atoms with van der Waals surface area (Å²) in [6, 6.07) is 0. The van der Waals surface area contributed by atoms with Gasteiger partial charge in [0, 0.05) is 16.3 Å². The smallest absolute Gasteiger partial charge is 0.0658 e. The van der Waals surface area contributed by atoms with Gasteiger partial charge in [0.25, 0.3) is 0 Å². The van der Waals surface area contributed by atoms with Crippen molar-refractivity contribution < 1.29 is 5.11 Å². The standard InChI is InChI=1S/C8H9BrO/c9-8-6-2-1-5(3-6)7(8)4-10/h1-2,5-6,10H,3-4H2/t5-,6+/m1/s1. The lowest BCUT2D eigenvalue weighted by molar-refractivity contribution is 0.322. The number of rotatable bonds is 1. The molecule has 1 nitrogen and oxygen atoms in total. The second-order valence-electron chi connectivity index (χ2n) is 2.86. The van der Waals surface area contributed by atoms with E-state index in [4.69, 9.17) is 5.11 Å². The summed E-state index contributed by atoms with van der Waals surface area (Å²) in [6.07, 6.45) is 5.59. The van der Waals surface area contributed by atoms with Gasteiger partial charge in [-0.05, 0) is 12.0 Å². The molecule has 0 radical (unpaired) electrons. The van der Waals surface area contributed by atoms with Gasteiger partial charge in [0.05, 0.1) is 6.61 Å². The van der Waals surface area contributed by atoms with Crippen LogP contribution in [0.1, 0.15) is 6.42 Å². The quantitative estimate of drug-likeness (QED) is 0.641. The third kappa shape index (κ3) is 0.722. The van der Waals surface area contributed by atoms with Crippen LogP contribution in [0, 0.1) is 11.8 Å². The average molecular weight is 201 g/mol. The maximum absolute atomic E-state index is 8.94. The number of aliphatic hydroxyl groups is 1. The van der Waals surface area contributed by atoms with Crippen LogP contribution in [-0.2, 0) is 0 Å². The second-order valence-corrected chi connectivity index (χ2v) is 3.72. The van der Waals surface area contributed by atoms with E-state index in [0.29, 0.717) is 11.8 Å². The Hall–Kier alpha value is -0.0800. The van der Waals surface area contributed by atoms with Crippen LogP contribution in [0.25, 0.3) is 0 Å². The van der Waals surface area contributed by atoms with Crippen LogP contribution in [0.5, 0.6) is 0 Å². The predicted molar refractivity (Wildman–Crippen MR) is 43.8 cm³/mol. The Morgan fingerprint density at radius 1 is 1.50 bits per heavy atom. The van der Waals surface area contributed by atoms with E-state index in [-0.39, 0.29) is 6.61 Å². The Bertz CT molecular complexity index is 217. The molecule has 2 rings (SSSR count). The first-order valence-corrected chi connectivity index (χ1v) is 4.30. The maximum atomic E-state index is 8.94. The molecule has 0 aromatic heterocycles. The van der Waals surface area contributed by atoms with Gasteiger partial charge in [-0.2, -0.15) is 0 Å². The first kappa shape index (κ1) is 6.62. The van der Waals surface area contributed by atoms with Crippen LogP contribution in [0.2, 0.25) is 0 Å². The molecule has 0 fully saturated rings. The summed E-state index contributed by atoms with van der Waals surface area (Å²) in [4.78, 5) is 0. The Kier molecular flexibility index (Phi) is 1.46. The Labute approximate surface area is 68.6 Å². The fourth-order valence-corrected chi connectivity index (χ4v) is 2.51. The molecule has 0 saturated carbocycles. The monoisotopic (exact) mass is 200 g/mol. The molecule has 0 aromatic carbocycles. The highest BCUT2D eigenvalue weighted by Gasteiger charge is 2.32. The normalized spacial score (nSPS) is 36.2. The lowest BCUT2D eigenvalue weighted by Crippen LogP contribution is -1.99. The van der Waals surface area contributed by atoms with E-state index < -0.39 is 0 Å². The van der Waals surface area contributed by atoms with Gasteiger partial charge < -0.3 is 5.11 Å². The van der Waals surface area contributed by atoms with Gasteiger partial charge in [0.2, 0.25) is 0 Å². The summed E-state index contributed by atoms with van der Waals surface area (Å²) in [5.41, 5.74) is 1.19. The van der Waals surface area contributed by atoms with Crippen LogP contribution < -0.4 is 0 Å². The zero-order valence-corrected chi connectivity index (χ0v) is 7.13. The van der Waals surface area contributed by atoms with Gasteiger partial charge in [0.15, 0.2) is 0 Å². The van der Waals surface area contributed by atoms with Crippen LogP contribution in [0.4, 0.5) is 0 Å². The Morgan fingerprint density at radius 3 is 2.60 bits per heavy atom. The van der Waals surface area contributed by atoms with Crippen molar-refractivity contribution >= 4 is 15.9 Å². The van der Waals surface area contributed by atoms with E-state index in [1.165, 1.54) is 16.5 Å².